The lowest BCUT2D eigenvalue weighted by Crippen LogP contribution is -2.19. The molecule has 0 aliphatic heterocycles. The molecular formula is C31H40O3. The number of ketones is 1. The van der Waals surface area contributed by atoms with Gasteiger partial charge in [-0.1, -0.05) is 73.1 Å². The molecule has 0 N–H and O–H groups in total. The molecule has 0 saturated heterocycles. The van der Waals surface area contributed by atoms with Crippen LogP contribution in [0.25, 0.3) is 0 Å². The van der Waals surface area contributed by atoms with Crippen molar-refractivity contribution in [2.75, 3.05) is 6.61 Å². The molecule has 2 rings (SSSR count). The van der Waals surface area contributed by atoms with E-state index in [-0.39, 0.29) is 17.8 Å². The first kappa shape index (κ1) is 27.3. The summed E-state index contributed by atoms with van der Waals surface area (Å²) in [6, 6.07) is 3.94. The van der Waals surface area contributed by atoms with Crippen molar-refractivity contribution >= 4 is 11.8 Å². The van der Waals surface area contributed by atoms with E-state index in [1.807, 2.05) is 58.1 Å². The average molecular weight is 461 g/mol. The second-order valence-electron chi connectivity index (χ2n) is 10.2. The van der Waals surface area contributed by atoms with Crippen LogP contribution in [0.5, 0.6) is 0 Å². The van der Waals surface area contributed by atoms with Gasteiger partial charge in [-0.25, -0.2) is 4.79 Å². The summed E-state index contributed by atoms with van der Waals surface area (Å²) in [5.74, 6) is -0.692. The molecule has 0 saturated carbocycles. The molecule has 0 amide bonds. The molecule has 182 valence electrons. The zero-order valence-corrected chi connectivity index (χ0v) is 22.2. The second kappa shape index (κ2) is 12.0. The molecule has 0 atom stereocenters. The molecule has 0 spiro atoms. The molecule has 3 heteroatoms. The molecule has 34 heavy (non-hydrogen) atoms. The van der Waals surface area contributed by atoms with Crippen molar-refractivity contribution in [2.24, 2.45) is 5.41 Å². The first-order valence-electron chi connectivity index (χ1n) is 12.1. The minimum Gasteiger partial charge on any atom is -0.454 e. The van der Waals surface area contributed by atoms with Gasteiger partial charge in [0.15, 0.2) is 6.61 Å². The van der Waals surface area contributed by atoms with Crippen LogP contribution < -0.4 is 0 Å². The number of carbonyl (C=O) groups is 2. The van der Waals surface area contributed by atoms with Crippen LogP contribution in [0, 0.1) is 26.2 Å². The standard InChI is InChI=1S/C31H40O3/c1-21(14-15-27-24(4)13-10-16-31(27,7)8)11-9-12-22(2)19-29(33)34-20-28(32)30-25(5)17-23(3)18-26(30)6/h9,11-12,14-15,17-19H,10,13,16,20H2,1-8H3/b12-9+,15-14+,21-11+,22-19+. The van der Waals surface area contributed by atoms with Crippen LogP contribution in [0.2, 0.25) is 0 Å². The number of benzene rings is 1. The fraction of sp³-hybridized carbons (Fsp3) is 0.419. The van der Waals surface area contributed by atoms with Crippen molar-refractivity contribution in [3.63, 3.8) is 0 Å². The average Bonchev–Trinajstić information content (AvgIpc) is 2.70. The van der Waals surface area contributed by atoms with Crippen LogP contribution >= 0.6 is 0 Å². The highest BCUT2D eigenvalue weighted by atomic mass is 16.5. The van der Waals surface area contributed by atoms with Crippen molar-refractivity contribution in [1.82, 2.24) is 0 Å². The maximum atomic E-state index is 12.5. The summed E-state index contributed by atoms with van der Waals surface area (Å²) in [7, 11) is 0. The summed E-state index contributed by atoms with van der Waals surface area (Å²) < 4.78 is 5.20. The highest BCUT2D eigenvalue weighted by molar-refractivity contribution is 6.01. The molecular weight excluding hydrogens is 420 g/mol. The van der Waals surface area contributed by atoms with E-state index >= 15 is 0 Å². The SMILES string of the molecule is CC1=C(/C=C/C(C)=C/C=C/C(C)=C/C(=O)OCC(=O)c2c(C)cc(C)cc2C)C(C)(C)CCC1. The highest BCUT2D eigenvalue weighted by Gasteiger charge is 2.26. The summed E-state index contributed by atoms with van der Waals surface area (Å²) in [4.78, 5) is 24.7. The van der Waals surface area contributed by atoms with Gasteiger partial charge in [0, 0.05) is 11.6 Å². The minimum absolute atomic E-state index is 0.179. The van der Waals surface area contributed by atoms with Gasteiger partial charge in [-0.3, -0.25) is 4.79 Å². The van der Waals surface area contributed by atoms with E-state index in [2.05, 4.69) is 39.8 Å². The zero-order valence-electron chi connectivity index (χ0n) is 22.2. The largest absolute Gasteiger partial charge is 0.454 e. The Morgan fingerprint density at radius 3 is 2.26 bits per heavy atom. The Morgan fingerprint density at radius 2 is 1.65 bits per heavy atom. The molecule has 0 bridgehead atoms. The van der Waals surface area contributed by atoms with Gasteiger partial charge >= 0.3 is 5.97 Å². The number of rotatable bonds is 8. The summed E-state index contributed by atoms with van der Waals surface area (Å²) in [5.41, 5.74) is 8.62. The Morgan fingerprint density at radius 1 is 1.00 bits per heavy atom. The molecule has 0 heterocycles. The zero-order chi connectivity index (χ0) is 25.5. The van der Waals surface area contributed by atoms with Crippen molar-refractivity contribution in [3.8, 4) is 0 Å². The molecule has 1 aromatic carbocycles. The van der Waals surface area contributed by atoms with Gasteiger partial charge in [0.05, 0.1) is 0 Å². The third kappa shape index (κ3) is 7.83. The maximum absolute atomic E-state index is 12.5. The fourth-order valence-corrected chi connectivity index (χ4v) is 4.74. The van der Waals surface area contributed by atoms with Gasteiger partial charge < -0.3 is 4.74 Å². The number of Topliss-reactive ketones (excluding diaryl/α,β-unsaturated/α-hetero) is 1. The van der Waals surface area contributed by atoms with E-state index in [1.54, 1.807) is 0 Å². The lowest BCUT2D eigenvalue weighted by atomic mass is 9.72. The smallest absolute Gasteiger partial charge is 0.331 e. The first-order chi connectivity index (χ1) is 15.9. The normalized spacial score (nSPS) is 17.1. The summed E-state index contributed by atoms with van der Waals surface area (Å²) in [5, 5.41) is 0. The van der Waals surface area contributed by atoms with Gasteiger partial charge in [-0.15, -0.1) is 0 Å². The van der Waals surface area contributed by atoms with Crippen LogP contribution in [0.1, 0.15) is 80.9 Å². The molecule has 0 aromatic heterocycles. The van der Waals surface area contributed by atoms with Crippen LogP contribution in [0.3, 0.4) is 0 Å². The van der Waals surface area contributed by atoms with Gasteiger partial charge in [-0.05, 0) is 88.5 Å². The van der Waals surface area contributed by atoms with Gasteiger partial charge in [-0.2, -0.15) is 0 Å². The summed E-state index contributed by atoms with van der Waals surface area (Å²) >= 11 is 0. The number of hydrogen-bond donors (Lipinski definition) is 0. The molecule has 0 unspecified atom stereocenters. The lowest BCUT2D eigenvalue weighted by molar-refractivity contribution is -0.136. The molecule has 3 nitrogen and oxygen atoms in total. The number of allylic oxidation sites excluding steroid dienone is 9. The lowest BCUT2D eigenvalue weighted by Gasteiger charge is -2.32. The maximum Gasteiger partial charge on any atom is 0.331 e. The number of aryl methyl sites for hydroxylation is 3. The van der Waals surface area contributed by atoms with E-state index in [0.717, 1.165) is 27.8 Å². The topological polar surface area (TPSA) is 43.4 Å². The molecule has 0 fully saturated rings. The Balaban J connectivity index is 1.94. The Bertz CT molecular complexity index is 1060. The second-order valence-corrected chi connectivity index (χ2v) is 10.2. The Hall–Kier alpha value is -2.94. The number of carbonyl (C=O) groups excluding carboxylic acids is 2. The quantitative estimate of drug-likeness (QED) is 0.172. The van der Waals surface area contributed by atoms with Crippen molar-refractivity contribution in [1.29, 1.82) is 0 Å². The van der Waals surface area contributed by atoms with Crippen LogP contribution in [-0.2, 0) is 9.53 Å². The van der Waals surface area contributed by atoms with Gasteiger partial charge in [0.25, 0.3) is 0 Å². The first-order valence-corrected chi connectivity index (χ1v) is 12.1. The van der Waals surface area contributed by atoms with Crippen LogP contribution in [0.15, 0.2) is 70.9 Å². The molecule has 1 aliphatic carbocycles. The predicted octanol–water partition coefficient (Wildman–Crippen LogP) is 7.87. The monoisotopic (exact) mass is 460 g/mol. The van der Waals surface area contributed by atoms with Crippen LogP contribution in [0.4, 0.5) is 0 Å². The third-order valence-corrected chi connectivity index (χ3v) is 6.42. The van der Waals surface area contributed by atoms with E-state index in [0.29, 0.717) is 5.56 Å². The number of ether oxygens (including phenoxy) is 1. The van der Waals surface area contributed by atoms with Gasteiger partial charge in [0.2, 0.25) is 5.78 Å². The highest BCUT2D eigenvalue weighted by Crippen LogP contribution is 2.40. The number of hydrogen-bond acceptors (Lipinski definition) is 3. The predicted molar refractivity (Wildman–Crippen MR) is 142 cm³/mol. The van der Waals surface area contributed by atoms with E-state index < -0.39 is 5.97 Å². The summed E-state index contributed by atoms with van der Waals surface area (Å²) in [6.45, 7) is 16.3. The van der Waals surface area contributed by atoms with Crippen molar-refractivity contribution in [2.45, 2.75) is 74.7 Å². The minimum atomic E-state index is -0.513. The molecule has 0 radical (unpaired) electrons. The van der Waals surface area contributed by atoms with Crippen molar-refractivity contribution in [3.05, 3.63) is 93.1 Å². The van der Waals surface area contributed by atoms with E-state index in [1.165, 1.54) is 36.5 Å². The Kier molecular flexibility index (Phi) is 9.61. The van der Waals surface area contributed by atoms with E-state index in [9.17, 15) is 9.59 Å². The third-order valence-electron chi connectivity index (χ3n) is 6.42. The Labute approximate surface area is 206 Å². The van der Waals surface area contributed by atoms with Gasteiger partial charge in [0.1, 0.15) is 0 Å². The summed E-state index contributed by atoms with van der Waals surface area (Å²) in [6.07, 6.45) is 15.3. The molecule has 1 aromatic rings. The fourth-order valence-electron chi connectivity index (χ4n) is 4.74. The van der Waals surface area contributed by atoms with E-state index in [4.69, 9.17) is 4.74 Å². The number of esters is 1. The molecule has 1 aliphatic rings. The van der Waals surface area contributed by atoms with Crippen molar-refractivity contribution < 1.29 is 14.3 Å². The van der Waals surface area contributed by atoms with Crippen LogP contribution in [-0.4, -0.2) is 18.4 Å².